The second-order valence-electron chi connectivity index (χ2n) is 21.9. The third-order valence-electron chi connectivity index (χ3n) is 16.7. The van der Waals surface area contributed by atoms with Gasteiger partial charge < -0.3 is 20.1 Å². The Bertz CT molecular complexity index is 1120. The maximum Gasteiger partial charge on any atom is 0.345 e. The lowest BCUT2D eigenvalue weighted by atomic mass is 9.92. The van der Waals surface area contributed by atoms with Crippen LogP contribution in [0.4, 0.5) is 0 Å². The minimum atomic E-state index is -1.30. The van der Waals surface area contributed by atoms with Crippen molar-refractivity contribution in [2.24, 2.45) is 5.41 Å². The molecule has 3 N–H and O–H groups in total. The number of ether oxygens (including phenoxy) is 1. The van der Waals surface area contributed by atoms with Crippen molar-refractivity contribution in [2.75, 3.05) is 26.4 Å². The van der Waals surface area contributed by atoms with E-state index in [0.717, 1.165) is 25.7 Å². The Kier molecular flexibility index (Phi) is 26.2. The quantitative estimate of drug-likeness (QED) is 0.0314. The third-order valence-corrected chi connectivity index (χ3v) is 16.7. The first-order chi connectivity index (χ1) is 31.8. The molecule has 4 aliphatic rings. The smallest absolute Gasteiger partial charge is 0.345 e. The predicted octanol–water partition coefficient (Wildman–Crippen LogP) is 12.4. The number of aliphatic hydroxyl groups is 3. The molecular formula is C56H108N4O5. The van der Waals surface area contributed by atoms with E-state index in [4.69, 9.17) is 4.74 Å². The zero-order valence-corrected chi connectivity index (χ0v) is 44.1. The monoisotopic (exact) mass is 917 g/mol. The Labute approximate surface area is 401 Å². The van der Waals surface area contributed by atoms with Gasteiger partial charge in [-0.05, 0) is 51.4 Å². The van der Waals surface area contributed by atoms with Gasteiger partial charge in [0.15, 0.2) is 0 Å². The molecule has 0 bridgehead atoms. The van der Waals surface area contributed by atoms with Gasteiger partial charge in [-0.1, -0.05) is 209 Å². The second kappa shape index (κ2) is 30.0. The van der Waals surface area contributed by atoms with Crippen LogP contribution in [0.15, 0.2) is 0 Å². The van der Waals surface area contributed by atoms with E-state index in [1.807, 2.05) is 0 Å². The second-order valence-corrected chi connectivity index (χ2v) is 21.9. The number of carbonyl (C=O) groups is 1. The number of nitrogens with zero attached hydrogens (tertiary/aromatic N) is 4. The number of rotatable bonds is 43. The molecular weight excluding hydrogens is 809 g/mol. The molecule has 0 radical (unpaired) electrons. The number of carbonyl (C=O) groups excluding carboxylic acids is 1. The Hall–Kier alpha value is -0.810. The molecule has 4 heterocycles. The van der Waals surface area contributed by atoms with Crippen molar-refractivity contribution in [3.05, 3.63) is 0 Å². The fraction of sp³-hybridized carbons (Fsp3) is 0.982. The summed E-state index contributed by atoms with van der Waals surface area (Å²) in [6.45, 7) is 17.0. The van der Waals surface area contributed by atoms with Crippen molar-refractivity contribution >= 4 is 5.97 Å². The Morgan fingerprint density at radius 2 is 0.631 bits per heavy atom. The predicted molar refractivity (Wildman–Crippen MR) is 272 cm³/mol. The summed E-state index contributed by atoms with van der Waals surface area (Å²) in [6, 6.07) is 3.05. The van der Waals surface area contributed by atoms with Gasteiger partial charge in [-0.15, -0.1) is 0 Å². The highest BCUT2D eigenvalue weighted by Gasteiger charge is 2.79. The fourth-order valence-corrected chi connectivity index (χ4v) is 12.5. The molecule has 4 fully saturated rings. The van der Waals surface area contributed by atoms with E-state index < -0.39 is 30.9 Å². The van der Waals surface area contributed by atoms with Crippen LogP contribution in [-0.4, -0.2) is 127 Å². The summed E-state index contributed by atoms with van der Waals surface area (Å²) in [7, 11) is 0. The van der Waals surface area contributed by atoms with Crippen LogP contribution in [0, 0.1) is 5.41 Å². The van der Waals surface area contributed by atoms with E-state index in [0.29, 0.717) is 48.3 Å². The summed E-state index contributed by atoms with van der Waals surface area (Å²) in [6.07, 6.45) is 38.0. The number of hydrogen-bond acceptors (Lipinski definition) is 9. The highest BCUT2D eigenvalue weighted by molar-refractivity contribution is 5.83. The summed E-state index contributed by atoms with van der Waals surface area (Å²) in [5.74, 6) is -0.169. The average Bonchev–Trinajstić information content (AvgIpc) is 4.26. The van der Waals surface area contributed by atoms with Crippen LogP contribution in [0.1, 0.15) is 261 Å². The topological polar surface area (TPSA) is 99.0 Å². The normalized spacial score (nSPS) is 30.6. The molecule has 0 aromatic carbocycles. The Morgan fingerprint density at radius 3 is 0.846 bits per heavy atom. The molecule has 0 aromatic heterocycles. The first-order valence-corrected chi connectivity index (χ1v) is 28.9. The average molecular weight is 918 g/mol. The van der Waals surface area contributed by atoms with Crippen molar-refractivity contribution in [2.45, 2.75) is 321 Å². The number of esters is 1. The summed E-state index contributed by atoms with van der Waals surface area (Å²) in [5.41, 5.74) is -2.33. The minimum Gasteiger partial charge on any atom is -0.462 e. The zero-order valence-electron chi connectivity index (χ0n) is 44.1. The molecule has 4 aliphatic heterocycles. The standard InChI is InChI=1S/C56H108N4O5/c1-9-17-25-33-45-46(34-26-18-10-2)57(45)53(58-47(35-27-19-11-3)48(58)36-28-20-12-4)56(54(64)65-44-55(41-61,42-62)43-63,59-49(37-29-21-13-5)50(59)38-30-22-14-6)60-51(39-31-23-15-7)52(60)40-32-24-16-8/h45-53,61-63H,9-44H2,1-8H3. The molecule has 9 heteroatoms. The van der Waals surface area contributed by atoms with Crippen LogP contribution >= 0.6 is 0 Å². The molecule has 9 nitrogen and oxygen atoms in total. The Balaban J connectivity index is 2.06. The molecule has 4 rings (SSSR count). The van der Waals surface area contributed by atoms with E-state index >= 15 is 4.79 Å². The van der Waals surface area contributed by atoms with Crippen LogP contribution < -0.4 is 0 Å². The molecule has 382 valence electrons. The summed E-state index contributed by atoms with van der Waals surface area (Å²) >= 11 is 0. The SMILES string of the molecule is CCCCCC1C(CCCCC)N1C(N1C(CCCCC)C1CCCCC)C(C(=O)OCC(CO)(CO)CO)(N1C(CCCCC)C1CCCCC)N1C(CCCCC)C1CCCCC. The number of hydrogen-bond donors (Lipinski definition) is 3. The lowest BCUT2D eigenvalue weighted by molar-refractivity contribution is -0.181. The minimum absolute atomic E-state index is 0.131. The molecule has 0 aliphatic carbocycles. The van der Waals surface area contributed by atoms with Gasteiger partial charge in [-0.2, -0.15) is 0 Å². The van der Waals surface area contributed by atoms with E-state index in [-0.39, 0.29) is 18.7 Å². The van der Waals surface area contributed by atoms with Crippen LogP contribution in [-0.2, 0) is 9.53 Å². The van der Waals surface area contributed by atoms with E-state index in [2.05, 4.69) is 75.0 Å². The first-order valence-electron chi connectivity index (χ1n) is 28.9. The van der Waals surface area contributed by atoms with Gasteiger partial charge in [-0.3, -0.25) is 19.6 Å². The third kappa shape index (κ3) is 14.9. The van der Waals surface area contributed by atoms with Crippen molar-refractivity contribution < 1.29 is 24.9 Å². The maximum atomic E-state index is 16.7. The van der Waals surface area contributed by atoms with Gasteiger partial charge in [0.2, 0.25) is 5.66 Å². The largest absolute Gasteiger partial charge is 0.462 e. The van der Waals surface area contributed by atoms with Gasteiger partial charge in [-0.25, -0.2) is 4.79 Å². The maximum absolute atomic E-state index is 16.7. The number of unbranched alkanes of at least 4 members (excludes halogenated alkanes) is 16. The molecule has 8 unspecified atom stereocenters. The molecule has 0 saturated carbocycles. The van der Waals surface area contributed by atoms with Gasteiger partial charge >= 0.3 is 5.97 Å². The molecule has 8 atom stereocenters. The summed E-state index contributed by atoms with van der Waals surface area (Å²) in [4.78, 5) is 28.2. The molecule has 0 spiro atoms. The molecule has 65 heavy (non-hydrogen) atoms. The lowest BCUT2D eigenvalue weighted by Crippen LogP contribution is -2.69. The first kappa shape index (κ1) is 56.8. The highest BCUT2D eigenvalue weighted by Crippen LogP contribution is 2.60. The Morgan fingerprint density at radius 1 is 0.400 bits per heavy atom. The molecule has 4 saturated heterocycles. The molecule has 0 amide bonds. The lowest BCUT2D eigenvalue weighted by Gasteiger charge is -2.46. The van der Waals surface area contributed by atoms with Gasteiger partial charge in [0, 0.05) is 48.3 Å². The fourth-order valence-electron chi connectivity index (χ4n) is 12.5. The van der Waals surface area contributed by atoms with Crippen LogP contribution in [0.3, 0.4) is 0 Å². The summed E-state index contributed by atoms with van der Waals surface area (Å²) < 4.78 is 6.86. The highest BCUT2D eigenvalue weighted by atomic mass is 16.5. The van der Waals surface area contributed by atoms with E-state index in [9.17, 15) is 15.3 Å². The van der Waals surface area contributed by atoms with Gasteiger partial charge in [0.05, 0.1) is 25.2 Å². The number of aliphatic hydroxyl groups excluding tert-OH is 3. The van der Waals surface area contributed by atoms with Crippen LogP contribution in [0.5, 0.6) is 0 Å². The van der Waals surface area contributed by atoms with Gasteiger partial charge in [0.1, 0.15) is 12.8 Å². The van der Waals surface area contributed by atoms with Crippen molar-refractivity contribution in [3.63, 3.8) is 0 Å². The van der Waals surface area contributed by atoms with Crippen molar-refractivity contribution in [1.29, 1.82) is 0 Å². The van der Waals surface area contributed by atoms with Crippen LogP contribution in [0.2, 0.25) is 0 Å². The van der Waals surface area contributed by atoms with E-state index in [1.165, 1.54) is 180 Å². The zero-order chi connectivity index (χ0) is 47.2. The summed E-state index contributed by atoms with van der Waals surface area (Å²) in [5, 5.41) is 32.1. The van der Waals surface area contributed by atoms with Crippen molar-refractivity contribution in [3.8, 4) is 0 Å². The van der Waals surface area contributed by atoms with Gasteiger partial charge in [0.25, 0.3) is 0 Å². The van der Waals surface area contributed by atoms with Crippen LogP contribution in [0.25, 0.3) is 0 Å². The molecule has 0 aromatic rings. The van der Waals surface area contributed by atoms with Crippen molar-refractivity contribution in [1.82, 2.24) is 19.6 Å². The van der Waals surface area contributed by atoms with E-state index in [1.54, 1.807) is 0 Å².